The van der Waals surface area contributed by atoms with E-state index in [-0.39, 0.29) is 10.8 Å². The zero-order chi connectivity index (χ0) is 27.6. The zero-order valence-corrected chi connectivity index (χ0v) is 24.1. The number of benzene rings is 3. The predicted octanol–water partition coefficient (Wildman–Crippen LogP) is 4.29. The van der Waals surface area contributed by atoms with E-state index in [0.717, 1.165) is 43.4 Å². The molecule has 0 unspecified atom stereocenters. The first-order chi connectivity index (χ1) is 18.7. The van der Waals surface area contributed by atoms with Crippen LogP contribution in [0.1, 0.15) is 21.5 Å². The van der Waals surface area contributed by atoms with Crippen LogP contribution in [0.3, 0.4) is 0 Å². The van der Waals surface area contributed by atoms with Gasteiger partial charge in [0.15, 0.2) is 5.13 Å². The van der Waals surface area contributed by atoms with Crippen molar-refractivity contribution in [1.29, 1.82) is 0 Å². The van der Waals surface area contributed by atoms with Crippen LogP contribution < -0.4 is 14.5 Å². The molecule has 0 atom stereocenters. The normalized spacial score (nSPS) is 14.5. The number of hydrogen-bond acceptors (Lipinski definition) is 7. The van der Waals surface area contributed by atoms with Gasteiger partial charge in [-0.05, 0) is 61.4 Å². The van der Waals surface area contributed by atoms with Crippen LogP contribution >= 0.6 is 11.3 Å². The molecule has 39 heavy (non-hydrogen) atoms. The van der Waals surface area contributed by atoms with Gasteiger partial charge in [0.1, 0.15) is 0 Å². The minimum atomic E-state index is -3.72. The molecule has 1 fully saturated rings. The molecule has 0 saturated carbocycles. The lowest BCUT2D eigenvalue weighted by molar-refractivity contribution is 0.0947. The number of aryl methyl sites for hydroxylation is 2. The summed E-state index contributed by atoms with van der Waals surface area (Å²) < 4.78 is 28.4. The molecule has 8 nitrogen and oxygen atoms in total. The first-order valence-corrected chi connectivity index (χ1v) is 15.3. The summed E-state index contributed by atoms with van der Waals surface area (Å²) in [4.78, 5) is 22.4. The Kier molecular flexibility index (Phi) is 7.88. The number of sulfonamides is 1. The summed E-state index contributed by atoms with van der Waals surface area (Å²) in [5.74, 6) is -0.214. The van der Waals surface area contributed by atoms with Crippen molar-refractivity contribution in [2.75, 3.05) is 55.5 Å². The summed E-state index contributed by atoms with van der Waals surface area (Å²) >= 11 is 1.77. The van der Waals surface area contributed by atoms with E-state index in [2.05, 4.69) is 41.1 Å². The third-order valence-corrected chi connectivity index (χ3v) is 10.2. The van der Waals surface area contributed by atoms with Crippen LogP contribution in [0.25, 0.3) is 10.2 Å². The number of thiazole rings is 1. The highest BCUT2D eigenvalue weighted by Gasteiger charge is 2.23. The average Bonchev–Trinajstić information content (AvgIpc) is 3.42. The number of nitrogens with one attached hydrogen (secondary N) is 1. The summed E-state index contributed by atoms with van der Waals surface area (Å²) in [6.07, 6.45) is 0. The Labute approximate surface area is 233 Å². The molecule has 1 aliphatic rings. The van der Waals surface area contributed by atoms with E-state index in [4.69, 9.17) is 4.98 Å². The Morgan fingerprint density at radius 2 is 1.62 bits per heavy atom. The highest BCUT2D eigenvalue weighted by Crippen LogP contribution is 2.33. The maximum absolute atomic E-state index is 13.0. The van der Waals surface area contributed by atoms with Gasteiger partial charge in [0.2, 0.25) is 0 Å². The summed E-state index contributed by atoms with van der Waals surface area (Å²) in [5, 5.41) is 4.04. The van der Waals surface area contributed by atoms with Gasteiger partial charge in [-0.15, -0.1) is 0 Å². The van der Waals surface area contributed by atoms with Crippen molar-refractivity contribution in [3.63, 3.8) is 0 Å². The quantitative estimate of drug-likeness (QED) is 0.344. The lowest BCUT2D eigenvalue weighted by Crippen LogP contribution is -2.48. The van der Waals surface area contributed by atoms with Crippen LogP contribution in [0.2, 0.25) is 0 Å². The van der Waals surface area contributed by atoms with E-state index in [9.17, 15) is 13.2 Å². The van der Waals surface area contributed by atoms with Gasteiger partial charge in [-0.2, -0.15) is 0 Å². The fraction of sp³-hybridized carbons (Fsp3) is 0.310. The monoisotopic (exact) mass is 563 g/mol. The minimum Gasteiger partial charge on any atom is -0.351 e. The van der Waals surface area contributed by atoms with E-state index >= 15 is 0 Å². The van der Waals surface area contributed by atoms with Gasteiger partial charge in [0, 0.05) is 51.9 Å². The molecule has 10 heteroatoms. The van der Waals surface area contributed by atoms with Crippen LogP contribution in [-0.4, -0.2) is 70.5 Å². The number of amides is 1. The van der Waals surface area contributed by atoms with Gasteiger partial charge >= 0.3 is 0 Å². The van der Waals surface area contributed by atoms with E-state index in [1.54, 1.807) is 47.7 Å². The molecule has 5 rings (SSSR count). The molecule has 0 bridgehead atoms. The number of nitrogens with zero attached hydrogens (tertiary/aromatic N) is 4. The van der Waals surface area contributed by atoms with Crippen LogP contribution in [0.15, 0.2) is 71.6 Å². The van der Waals surface area contributed by atoms with E-state index < -0.39 is 10.0 Å². The molecule has 0 spiro atoms. The fourth-order valence-electron chi connectivity index (χ4n) is 4.69. The molecular weight excluding hydrogens is 530 g/mol. The highest BCUT2D eigenvalue weighted by molar-refractivity contribution is 7.92. The number of para-hydroxylation sites is 1. The average molecular weight is 564 g/mol. The molecule has 4 aromatic rings. The molecule has 0 aliphatic carbocycles. The zero-order valence-electron chi connectivity index (χ0n) is 22.4. The fourth-order valence-corrected chi connectivity index (χ4v) is 7.05. The number of aromatic nitrogens is 1. The lowest BCUT2D eigenvalue weighted by atomic mass is 10.1. The molecule has 1 N–H and O–H groups in total. The molecule has 1 saturated heterocycles. The minimum absolute atomic E-state index is 0.140. The summed E-state index contributed by atoms with van der Waals surface area (Å²) in [6, 6.07) is 19.3. The van der Waals surface area contributed by atoms with Gasteiger partial charge in [-0.1, -0.05) is 41.7 Å². The number of rotatable bonds is 8. The molecular formula is C29H33N5O3S2. The van der Waals surface area contributed by atoms with Crippen LogP contribution in [-0.2, 0) is 10.0 Å². The van der Waals surface area contributed by atoms with Gasteiger partial charge in [0.25, 0.3) is 15.9 Å². The van der Waals surface area contributed by atoms with E-state index in [1.807, 2.05) is 6.07 Å². The summed E-state index contributed by atoms with van der Waals surface area (Å²) in [6.45, 7) is 9.14. The second-order valence-electron chi connectivity index (χ2n) is 9.79. The maximum atomic E-state index is 13.0. The Balaban J connectivity index is 1.11. The molecule has 3 aromatic carbocycles. The van der Waals surface area contributed by atoms with E-state index in [0.29, 0.717) is 17.8 Å². The van der Waals surface area contributed by atoms with Crippen molar-refractivity contribution in [2.45, 2.75) is 18.7 Å². The molecule has 1 amide bonds. The SMILES string of the molecule is Cc1ccc(C)c2sc(N3CCN(CCNC(=O)c4ccc(S(=O)(=O)N(C)c5ccccc5)cc4)CC3)nc12. The van der Waals surface area contributed by atoms with Crippen molar-refractivity contribution in [2.24, 2.45) is 0 Å². The second-order valence-corrected chi connectivity index (χ2v) is 12.7. The van der Waals surface area contributed by atoms with Crippen molar-refractivity contribution in [1.82, 2.24) is 15.2 Å². The number of piperazine rings is 1. The lowest BCUT2D eigenvalue weighted by Gasteiger charge is -2.34. The van der Waals surface area contributed by atoms with Gasteiger partial charge in [0.05, 0.1) is 20.8 Å². The van der Waals surface area contributed by atoms with Crippen molar-refractivity contribution < 1.29 is 13.2 Å². The standard InChI is InChI=1S/C29H33N5O3S2/c1-21-9-10-22(2)27-26(21)31-29(38-27)34-19-17-33(18-20-34)16-15-30-28(35)23-11-13-25(14-12-23)39(36,37)32(3)24-7-5-4-6-8-24/h4-14H,15-20H2,1-3H3,(H,30,35). The summed E-state index contributed by atoms with van der Waals surface area (Å²) in [7, 11) is -2.20. The third kappa shape index (κ3) is 5.78. The molecule has 1 aromatic heterocycles. The largest absolute Gasteiger partial charge is 0.351 e. The Morgan fingerprint density at radius 1 is 0.949 bits per heavy atom. The highest BCUT2D eigenvalue weighted by atomic mass is 32.2. The Bertz CT molecular complexity index is 1520. The van der Waals surface area contributed by atoms with Crippen molar-refractivity contribution >= 4 is 48.3 Å². The number of carbonyl (C=O) groups excluding carboxylic acids is 1. The molecule has 204 valence electrons. The van der Waals surface area contributed by atoms with Crippen LogP contribution in [0, 0.1) is 13.8 Å². The number of fused-ring (bicyclic) bond motifs is 1. The van der Waals surface area contributed by atoms with E-state index in [1.165, 1.54) is 39.3 Å². The van der Waals surface area contributed by atoms with Crippen molar-refractivity contribution in [3.05, 3.63) is 83.4 Å². The number of hydrogen-bond donors (Lipinski definition) is 1. The molecule has 0 radical (unpaired) electrons. The first kappa shape index (κ1) is 27.1. The second kappa shape index (κ2) is 11.3. The van der Waals surface area contributed by atoms with Crippen LogP contribution in [0.5, 0.6) is 0 Å². The molecule has 2 heterocycles. The number of anilines is 2. The third-order valence-electron chi connectivity index (χ3n) is 7.18. The first-order valence-electron chi connectivity index (χ1n) is 13.0. The smallest absolute Gasteiger partial charge is 0.264 e. The van der Waals surface area contributed by atoms with Crippen LogP contribution in [0.4, 0.5) is 10.8 Å². The topological polar surface area (TPSA) is 85.8 Å². The Morgan fingerprint density at radius 3 is 2.28 bits per heavy atom. The maximum Gasteiger partial charge on any atom is 0.264 e. The van der Waals surface area contributed by atoms with Gasteiger partial charge in [-0.25, -0.2) is 13.4 Å². The number of carbonyl (C=O) groups is 1. The van der Waals surface area contributed by atoms with Gasteiger partial charge in [-0.3, -0.25) is 14.0 Å². The Hall–Kier alpha value is -3.47. The van der Waals surface area contributed by atoms with Gasteiger partial charge < -0.3 is 10.2 Å². The molecule has 1 aliphatic heterocycles. The van der Waals surface area contributed by atoms with Crippen molar-refractivity contribution in [3.8, 4) is 0 Å². The predicted molar refractivity (Wildman–Crippen MR) is 159 cm³/mol. The summed E-state index contributed by atoms with van der Waals surface area (Å²) in [5.41, 5.74) is 4.59.